The number of anilines is 1. The molecule has 0 radical (unpaired) electrons. The standard InChI is InChI=1S/C7H5F3N2O/c8-4-3-11-2-1-5(4)12-7(13)6(9)10/h1-3,6H,(H,11,12,13). The van der Waals surface area contributed by atoms with Gasteiger partial charge in [0.1, 0.15) is 0 Å². The van der Waals surface area contributed by atoms with E-state index in [2.05, 4.69) is 4.98 Å². The van der Waals surface area contributed by atoms with E-state index in [4.69, 9.17) is 0 Å². The van der Waals surface area contributed by atoms with E-state index in [-0.39, 0.29) is 5.69 Å². The fourth-order valence-electron chi connectivity index (χ4n) is 0.664. The van der Waals surface area contributed by atoms with Gasteiger partial charge >= 0.3 is 6.43 Å². The highest BCUT2D eigenvalue weighted by Crippen LogP contribution is 2.11. The van der Waals surface area contributed by atoms with Crippen molar-refractivity contribution in [2.45, 2.75) is 6.43 Å². The molecule has 1 aromatic heterocycles. The summed E-state index contributed by atoms with van der Waals surface area (Å²) in [4.78, 5) is 13.8. The fourth-order valence-corrected chi connectivity index (χ4v) is 0.664. The van der Waals surface area contributed by atoms with Crippen LogP contribution in [-0.4, -0.2) is 17.3 Å². The van der Waals surface area contributed by atoms with Gasteiger partial charge in [-0.3, -0.25) is 9.78 Å². The zero-order valence-electron chi connectivity index (χ0n) is 6.30. The average Bonchev–Trinajstić information content (AvgIpc) is 2.08. The molecule has 0 saturated carbocycles. The Morgan fingerprint density at radius 1 is 1.54 bits per heavy atom. The van der Waals surface area contributed by atoms with E-state index in [1.807, 2.05) is 0 Å². The monoisotopic (exact) mass is 190 g/mol. The van der Waals surface area contributed by atoms with Crippen molar-refractivity contribution in [3.05, 3.63) is 24.3 Å². The van der Waals surface area contributed by atoms with Crippen LogP contribution in [0.4, 0.5) is 18.9 Å². The zero-order chi connectivity index (χ0) is 9.84. The van der Waals surface area contributed by atoms with Gasteiger partial charge in [-0.25, -0.2) is 4.39 Å². The first kappa shape index (κ1) is 9.50. The largest absolute Gasteiger partial charge is 0.318 e. The number of carbonyl (C=O) groups excluding carboxylic acids is 1. The van der Waals surface area contributed by atoms with Crippen LogP contribution in [-0.2, 0) is 4.79 Å². The molecular formula is C7H5F3N2O. The molecule has 1 aromatic rings. The number of nitrogens with zero attached hydrogens (tertiary/aromatic N) is 1. The van der Waals surface area contributed by atoms with Gasteiger partial charge in [-0.05, 0) is 6.07 Å². The molecule has 6 heteroatoms. The van der Waals surface area contributed by atoms with E-state index in [9.17, 15) is 18.0 Å². The summed E-state index contributed by atoms with van der Waals surface area (Å²) in [6.07, 6.45) is -1.15. The number of halogens is 3. The van der Waals surface area contributed by atoms with E-state index in [1.54, 1.807) is 5.32 Å². The third-order valence-electron chi connectivity index (χ3n) is 1.23. The van der Waals surface area contributed by atoms with E-state index >= 15 is 0 Å². The molecule has 0 atom stereocenters. The molecule has 1 heterocycles. The van der Waals surface area contributed by atoms with Gasteiger partial charge in [0.15, 0.2) is 5.82 Å². The van der Waals surface area contributed by atoms with E-state index in [0.717, 1.165) is 12.3 Å². The van der Waals surface area contributed by atoms with E-state index in [1.165, 1.54) is 6.20 Å². The lowest BCUT2D eigenvalue weighted by Gasteiger charge is -2.03. The lowest BCUT2D eigenvalue weighted by molar-refractivity contribution is -0.126. The van der Waals surface area contributed by atoms with Gasteiger partial charge in [0.05, 0.1) is 11.9 Å². The Bertz CT molecular complexity index is 316. The second-order valence-electron chi connectivity index (χ2n) is 2.15. The molecular weight excluding hydrogens is 185 g/mol. The number of aromatic nitrogens is 1. The Labute approximate surface area is 71.6 Å². The first-order valence-electron chi connectivity index (χ1n) is 3.30. The van der Waals surface area contributed by atoms with Crippen LogP contribution in [0.2, 0.25) is 0 Å². The van der Waals surface area contributed by atoms with Crippen molar-refractivity contribution in [1.82, 2.24) is 4.98 Å². The number of pyridine rings is 1. The number of hydrogen-bond donors (Lipinski definition) is 1. The van der Waals surface area contributed by atoms with Gasteiger partial charge in [0.2, 0.25) is 0 Å². The molecule has 70 valence electrons. The number of hydrogen-bond acceptors (Lipinski definition) is 2. The normalized spacial score (nSPS) is 10.2. The molecule has 0 aliphatic heterocycles. The van der Waals surface area contributed by atoms with Crippen molar-refractivity contribution >= 4 is 11.6 Å². The summed E-state index contributed by atoms with van der Waals surface area (Å²) < 4.78 is 36.1. The van der Waals surface area contributed by atoms with Crippen LogP contribution in [0.25, 0.3) is 0 Å². The Hall–Kier alpha value is -1.59. The highest BCUT2D eigenvalue weighted by Gasteiger charge is 2.16. The molecule has 0 aliphatic carbocycles. The van der Waals surface area contributed by atoms with Crippen LogP contribution >= 0.6 is 0 Å². The van der Waals surface area contributed by atoms with Crippen molar-refractivity contribution in [3.63, 3.8) is 0 Å². The SMILES string of the molecule is O=C(Nc1ccncc1F)C(F)F. The third-order valence-corrected chi connectivity index (χ3v) is 1.23. The predicted octanol–water partition coefficient (Wildman–Crippen LogP) is 1.42. The van der Waals surface area contributed by atoms with Crippen molar-refractivity contribution in [2.75, 3.05) is 5.32 Å². The number of carbonyl (C=O) groups is 1. The zero-order valence-corrected chi connectivity index (χ0v) is 6.30. The van der Waals surface area contributed by atoms with Crippen molar-refractivity contribution in [2.24, 2.45) is 0 Å². The number of nitrogens with one attached hydrogen (secondary N) is 1. The van der Waals surface area contributed by atoms with Gasteiger partial charge in [-0.2, -0.15) is 8.78 Å². The Morgan fingerprint density at radius 2 is 2.23 bits per heavy atom. The second-order valence-corrected chi connectivity index (χ2v) is 2.15. The summed E-state index contributed by atoms with van der Waals surface area (Å²) in [5, 5.41) is 1.71. The van der Waals surface area contributed by atoms with Crippen LogP contribution in [0.5, 0.6) is 0 Å². The van der Waals surface area contributed by atoms with Crippen molar-refractivity contribution in [1.29, 1.82) is 0 Å². The third kappa shape index (κ3) is 2.43. The lowest BCUT2D eigenvalue weighted by Crippen LogP contribution is -2.20. The molecule has 0 saturated heterocycles. The maximum absolute atomic E-state index is 12.7. The Morgan fingerprint density at radius 3 is 2.77 bits per heavy atom. The summed E-state index contributed by atoms with van der Waals surface area (Å²) in [6.45, 7) is 0. The van der Waals surface area contributed by atoms with Crippen LogP contribution < -0.4 is 5.32 Å². The maximum atomic E-state index is 12.7. The van der Waals surface area contributed by atoms with Crippen LogP contribution in [0.3, 0.4) is 0 Å². The fraction of sp³-hybridized carbons (Fsp3) is 0.143. The highest BCUT2D eigenvalue weighted by atomic mass is 19.3. The quantitative estimate of drug-likeness (QED) is 0.766. The molecule has 0 spiro atoms. The summed E-state index contributed by atoms with van der Waals surface area (Å²) in [6, 6.07) is 1.09. The number of rotatable bonds is 2. The lowest BCUT2D eigenvalue weighted by atomic mass is 10.4. The van der Waals surface area contributed by atoms with Crippen LogP contribution in [0.1, 0.15) is 0 Å². The number of alkyl halides is 2. The molecule has 0 bridgehead atoms. The van der Waals surface area contributed by atoms with Gasteiger partial charge in [0.25, 0.3) is 5.91 Å². The molecule has 13 heavy (non-hydrogen) atoms. The first-order valence-corrected chi connectivity index (χ1v) is 3.30. The Balaban J connectivity index is 2.75. The van der Waals surface area contributed by atoms with Crippen LogP contribution in [0, 0.1) is 5.82 Å². The van der Waals surface area contributed by atoms with Gasteiger partial charge < -0.3 is 5.32 Å². The minimum atomic E-state index is -3.16. The summed E-state index contributed by atoms with van der Waals surface area (Å²) in [5.41, 5.74) is -0.305. The van der Waals surface area contributed by atoms with Gasteiger partial charge in [-0.15, -0.1) is 0 Å². The molecule has 0 aliphatic rings. The van der Waals surface area contributed by atoms with E-state index in [0.29, 0.717) is 0 Å². The molecule has 1 amide bonds. The Kier molecular flexibility index (Phi) is 2.84. The minimum Gasteiger partial charge on any atom is -0.318 e. The van der Waals surface area contributed by atoms with Gasteiger partial charge in [0, 0.05) is 6.20 Å². The summed E-state index contributed by atoms with van der Waals surface area (Å²) in [5.74, 6) is -2.39. The molecule has 3 nitrogen and oxygen atoms in total. The van der Waals surface area contributed by atoms with Gasteiger partial charge in [-0.1, -0.05) is 0 Å². The molecule has 0 fully saturated rings. The van der Waals surface area contributed by atoms with Crippen molar-refractivity contribution in [3.8, 4) is 0 Å². The topological polar surface area (TPSA) is 42.0 Å². The number of amides is 1. The molecule has 1 rings (SSSR count). The average molecular weight is 190 g/mol. The maximum Gasteiger partial charge on any atom is 0.315 e. The molecule has 0 unspecified atom stereocenters. The molecule has 1 N–H and O–H groups in total. The minimum absolute atomic E-state index is 0.305. The summed E-state index contributed by atoms with van der Waals surface area (Å²) >= 11 is 0. The first-order chi connectivity index (χ1) is 6.11. The predicted molar refractivity (Wildman–Crippen MR) is 38.8 cm³/mol. The van der Waals surface area contributed by atoms with Crippen LogP contribution in [0.15, 0.2) is 18.5 Å². The highest BCUT2D eigenvalue weighted by molar-refractivity contribution is 5.93. The van der Waals surface area contributed by atoms with Crippen molar-refractivity contribution < 1.29 is 18.0 Å². The van der Waals surface area contributed by atoms with E-state index < -0.39 is 18.1 Å². The second kappa shape index (κ2) is 3.88. The summed E-state index contributed by atoms with van der Waals surface area (Å²) in [7, 11) is 0. The smallest absolute Gasteiger partial charge is 0.315 e. The molecule has 0 aromatic carbocycles.